The van der Waals surface area contributed by atoms with Crippen LogP contribution >= 0.6 is 11.6 Å². The van der Waals surface area contributed by atoms with Gasteiger partial charge in [-0.1, -0.05) is 49.7 Å². The van der Waals surface area contributed by atoms with Crippen LogP contribution in [0.5, 0.6) is 0 Å². The molecule has 0 aromatic heterocycles. The molecule has 0 fully saturated rings. The van der Waals surface area contributed by atoms with E-state index in [2.05, 4.69) is 25.9 Å². The second kappa shape index (κ2) is 5.17. The molecule has 15 heavy (non-hydrogen) atoms. The average molecular weight is 226 g/mol. The number of rotatable bonds is 3. The van der Waals surface area contributed by atoms with Gasteiger partial charge in [0.25, 0.3) is 0 Å². The van der Waals surface area contributed by atoms with E-state index in [0.29, 0.717) is 6.61 Å². The number of halogens is 1. The molecule has 0 spiro atoms. The minimum absolute atomic E-state index is 0.0499. The average Bonchev–Trinajstić information content (AvgIpc) is 2.11. The largest absolute Gasteiger partial charge is 0.391 e. The summed E-state index contributed by atoms with van der Waals surface area (Å²) in [5.74, 6) is 0. The molecule has 0 saturated carbocycles. The lowest BCUT2D eigenvalue weighted by atomic mass is 10.00. The van der Waals surface area contributed by atoms with E-state index in [-0.39, 0.29) is 5.41 Å². The van der Waals surface area contributed by atoms with E-state index in [4.69, 9.17) is 16.4 Å². The lowest BCUT2D eigenvalue weighted by Gasteiger charge is -2.09. The van der Waals surface area contributed by atoms with E-state index in [1.165, 1.54) is 0 Å². The molecule has 1 aromatic rings. The number of hydrogen-bond donors (Lipinski definition) is 0. The van der Waals surface area contributed by atoms with Crippen LogP contribution in [-0.2, 0) is 11.4 Å². The highest BCUT2D eigenvalue weighted by Crippen LogP contribution is 2.12. The summed E-state index contributed by atoms with van der Waals surface area (Å²) in [5, 5.41) is 4.62. The van der Waals surface area contributed by atoms with Crippen molar-refractivity contribution in [3.05, 3.63) is 34.9 Å². The van der Waals surface area contributed by atoms with Crippen LogP contribution in [0.4, 0.5) is 0 Å². The minimum atomic E-state index is 0.0499. The van der Waals surface area contributed by atoms with Crippen LogP contribution in [-0.4, -0.2) is 6.21 Å². The van der Waals surface area contributed by atoms with Crippen molar-refractivity contribution in [2.75, 3.05) is 0 Å². The van der Waals surface area contributed by atoms with E-state index in [1.807, 2.05) is 24.3 Å². The van der Waals surface area contributed by atoms with Crippen molar-refractivity contribution < 1.29 is 4.84 Å². The normalized spacial score (nSPS) is 12.0. The summed E-state index contributed by atoms with van der Waals surface area (Å²) in [6.07, 6.45) is 1.79. The van der Waals surface area contributed by atoms with Gasteiger partial charge in [-0.25, -0.2) is 0 Å². The predicted octanol–water partition coefficient (Wildman–Crippen LogP) is 3.89. The van der Waals surface area contributed by atoms with Crippen molar-refractivity contribution in [2.24, 2.45) is 10.6 Å². The molecule has 0 aliphatic heterocycles. The Labute approximate surface area is 95.9 Å². The zero-order valence-electron chi connectivity index (χ0n) is 9.33. The molecule has 0 saturated heterocycles. The Balaban J connectivity index is 2.42. The Morgan fingerprint density at radius 3 is 2.73 bits per heavy atom. The molecule has 1 aromatic carbocycles. The molecule has 82 valence electrons. The molecule has 0 amide bonds. The first-order chi connectivity index (χ1) is 6.97. The molecule has 3 heteroatoms. The van der Waals surface area contributed by atoms with Crippen molar-refractivity contribution in [1.82, 2.24) is 0 Å². The molecule has 0 atom stereocenters. The van der Waals surface area contributed by atoms with Crippen molar-refractivity contribution in [3.8, 4) is 0 Å². The molecular formula is C12H16ClNO. The van der Waals surface area contributed by atoms with Gasteiger partial charge in [0.1, 0.15) is 6.61 Å². The van der Waals surface area contributed by atoms with Crippen molar-refractivity contribution in [2.45, 2.75) is 27.4 Å². The topological polar surface area (TPSA) is 21.6 Å². The van der Waals surface area contributed by atoms with E-state index in [0.717, 1.165) is 10.6 Å². The number of hydrogen-bond acceptors (Lipinski definition) is 2. The van der Waals surface area contributed by atoms with E-state index in [1.54, 1.807) is 6.21 Å². The maximum atomic E-state index is 5.84. The molecule has 0 aliphatic carbocycles. The van der Waals surface area contributed by atoms with E-state index >= 15 is 0 Å². The number of nitrogens with zero attached hydrogens (tertiary/aromatic N) is 1. The SMILES string of the molecule is CC(C)(C)/C=N/OCc1cccc(Cl)c1. The second-order valence-electron chi connectivity index (χ2n) is 4.50. The molecular weight excluding hydrogens is 210 g/mol. The van der Waals surface area contributed by atoms with Crippen LogP contribution in [0, 0.1) is 5.41 Å². The number of oxime groups is 1. The fourth-order valence-electron chi connectivity index (χ4n) is 0.934. The van der Waals surface area contributed by atoms with Gasteiger partial charge in [-0.15, -0.1) is 0 Å². The van der Waals surface area contributed by atoms with Crippen molar-refractivity contribution in [1.29, 1.82) is 0 Å². The molecule has 2 nitrogen and oxygen atoms in total. The first-order valence-electron chi connectivity index (χ1n) is 4.88. The third-order valence-electron chi connectivity index (χ3n) is 1.63. The summed E-state index contributed by atoms with van der Waals surface area (Å²) in [6.45, 7) is 6.66. The van der Waals surface area contributed by atoms with Gasteiger partial charge < -0.3 is 4.84 Å². The van der Waals surface area contributed by atoms with Gasteiger partial charge in [-0.2, -0.15) is 0 Å². The third-order valence-corrected chi connectivity index (χ3v) is 1.87. The highest BCUT2D eigenvalue weighted by Gasteiger charge is 2.05. The zero-order chi connectivity index (χ0) is 11.3. The third kappa shape index (κ3) is 5.43. The Bertz CT molecular complexity index is 342. The van der Waals surface area contributed by atoms with Crippen LogP contribution in [0.1, 0.15) is 26.3 Å². The predicted molar refractivity (Wildman–Crippen MR) is 64.2 cm³/mol. The fraction of sp³-hybridized carbons (Fsp3) is 0.417. The molecule has 0 radical (unpaired) electrons. The van der Waals surface area contributed by atoms with Crippen LogP contribution < -0.4 is 0 Å². The first-order valence-corrected chi connectivity index (χ1v) is 5.26. The maximum absolute atomic E-state index is 5.84. The first kappa shape index (κ1) is 12.1. The zero-order valence-corrected chi connectivity index (χ0v) is 10.1. The van der Waals surface area contributed by atoms with Gasteiger partial charge in [-0.3, -0.25) is 0 Å². The van der Waals surface area contributed by atoms with Gasteiger partial charge in [0.2, 0.25) is 0 Å². The summed E-state index contributed by atoms with van der Waals surface area (Å²) in [6, 6.07) is 7.56. The van der Waals surface area contributed by atoms with Gasteiger partial charge >= 0.3 is 0 Å². The van der Waals surface area contributed by atoms with Crippen LogP contribution in [0.25, 0.3) is 0 Å². The number of benzene rings is 1. The quantitative estimate of drug-likeness (QED) is 0.565. The summed E-state index contributed by atoms with van der Waals surface area (Å²) < 4.78 is 0. The standard InChI is InChI=1S/C12H16ClNO/c1-12(2,3)9-14-15-8-10-5-4-6-11(13)7-10/h4-7,9H,8H2,1-3H3/b14-9+. The lowest BCUT2D eigenvalue weighted by Crippen LogP contribution is -2.06. The lowest BCUT2D eigenvalue weighted by molar-refractivity contribution is 0.129. The van der Waals surface area contributed by atoms with Gasteiger partial charge in [0, 0.05) is 16.7 Å². The summed E-state index contributed by atoms with van der Waals surface area (Å²) in [7, 11) is 0. The van der Waals surface area contributed by atoms with Gasteiger partial charge in [0.15, 0.2) is 0 Å². The molecule has 0 unspecified atom stereocenters. The van der Waals surface area contributed by atoms with Crippen LogP contribution in [0.15, 0.2) is 29.4 Å². The fourth-order valence-corrected chi connectivity index (χ4v) is 1.15. The molecule has 0 heterocycles. The van der Waals surface area contributed by atoms with Crippen molar-refractivity contribution in [3.63, 3.8) is 0 Å². The Morgan fingerprint density at radius 1 is 1.40 bits per heavy atom. The van der Waals surface area contributed by atoms with Gasteiger partial charge in [0.05, 0.1) is 0 Å². The van der Waals surface area contributed by atoms with Crippen LogP contribution in [0.2, 0.25) is 5.02 Å². The molecule has 0 aliphatic rings. The van der Waals surface area contributed by atoms with Gasteiger partial charge in [-0.05, 0) is 17.7 Å². The Morgan fingerprint density at radius 2 is 2.13 bits per heavy atom. The Hall–Kier alpha value is -1.02. The molecule has 0 bridgehead atoms. The van der Waals surface area contributed by atoms with Crippen LogP contribution in [0.3, 0.4) is 0 Å². The smallest absolute Gasteiger partial charge is 0.142 e. The highest BCUT2D eigenvalue weighted by atomic mass is 35.5. The molecule has 1 rings (SSSR count). The monoisotopic (exact) mass is 225 g/mol. The van der Waals surface area contributed by atoms with Crippen molar-refractivity contribution >= 4 is 17.8 Å². The van der Waals surface area contributed by atoms with E-state index in [9.17, 15) is 0 Å². The second-order valence-corrected chi connectivity index (χ2v) is 4.94. The Kier molecular flexibility index (Phi) is 4.15. The highest BCUT2D eigenvalue weighted by molar-refractivity contribution is 6.30. The minimum Gasteiger partial charge on any atom is -0.391 e. The summed E-state index contributed by atoms with van der Waals surface area (Å²) in [4.78, 5) is 5.16. The molecule has 0 N–H and O–H groups in total. The van der Waals surface area contributed by atoms with E-state index < -0.39 is 0 Å². The summed E-state index contributed by atoms with van der Waals surface area (Å²) >= 11 is 5.84. The summed E-state index contributed by atoms with van der Waals surface area (Å²) in [5.41, 5.74) is 1.07. The maximum Gasteiger partial charge on any atom is 0.142 e.